The predicted molar refractivity (Wildman–Crippen MR) is 108 cm³/mol. The van der Waals surface area contributed by atoms with Crippen molar-refractivity contribution in [1.29, 1.82) is 0 Å². The average molecular weight is 519 g/mol. The van der Waals surface area contributed by atoms with Gasteiger partial charge in [0.05, 0.1) is 5.56 Å². The highest BCUT2D eigenvalue weighted by Gasteiger charge is 2.60. The topological polar surface area (TPSA) is 60.4 Å². The van der Waals surface area contributed by atoms with Crippen LogP contribution in [0.25, 0.3) is 0 Å². The van der Waals surface area contributed by atoms with E-state index in [1.807, 2.05) is 0 Å². The van der Waals surface area contributed by atoms with Gasteiger partial charge in [-0.15, -0.1) is 0 Å². The van der Waals surface area contributed by atoms with Gasteiger partial charge in [-0.2, -0.15) is 26.3 Å². The molecule has 0 atom stereocenters. The lowest BCUT2D eigenvalue weighted by molar-refractivity contribution is -0.307. The third-order valence-corrected chi connectivity index (χ3v) is 9.29. The largest absolute Gasteiger partial charge is 0.439 e. The van der Waals surface area contributed by atoms with E-state index in [1.165, 1.54) is 36.4 Å². The highest BCUT2D eigenvalue weighted by molar-refractivity contribution is 8.00. The normalized spacial score (nSPS) is 15.5. The van der Waals surface area contributed by atoms with Crippen LogP contribution in [-0.4, -0.2) is 32.8 Å². The molecule has 0 amide bonds. The van der Waals surface area contributed by atoms with Crippen molar-refractivity contribution in [2.24, 2.45) is 0 Å². The maximum absolute atomic E-state index is 13.1. The number of carbonyl (C=O) groups excluding carboxylic acids is 1. The van der Waals surface area contributed by atoms with Crippen LogP contribution in [-0.2, 0) is 25.5 Å². The summed E-state index contributed by atoms with van der Waals surface area (Å²) in [5, 5.41) is 0. The van der Waals surface area contributed by atoms with E-state index in [0.29, 0.717) is 14.7 Å². The van der Waals surface area contributed by atoms with Crippen molar-refractivity contribution >= 4 is 26.7 Å². The summed E-state index contributed by atoms with van der Waals surface area (Å²) in [5.74, 6) is -1.81. The van der Waals surface area contributed by atoms with Crippen molar-refractivity contribution in [2.75, 3.05) is 0 Å². The number of sulfone groups is 1. The van der Waals surface area contributed by atoms with Crippen LogP contribution >= 0.6 is 0 Å². The Kier molecular flexibility index (Phi) is 5.93. The number of alkyl halides is 6. The zero-order valence-corrected chi connectivity index (χ0v) is 18.4. The summed E-state index contributed by atoms with van der Waals surface area (Å²) in [6.45, 7) is 0. The van der Waals surface area contributed by atoms with Crippen molar-refractivity contribution in [1.82, 2.24) is 0 Å². The molecular formula is C22H13F6O4S2+. The standard InChI is InChI=1S/C22H13F6O4S2/c23-21(24,25)20(22(26,27)28)32-19(29)13-6-5-7-14(12-13)33-15-8-1-3-10-17(15)34(30,31)18-11-4-2-9-16(18)33/h1-12,20H/q+1. The van der Waals surface area contributed by atoms with Gasteiger partial charge in [0.15, 0.2) is 14.7 Å². The van der Waals surface area contributed by atoms with Crippen molar-refractivity contribution in [3.63, 3.8) is 0 Å². The molecule has 1 aliphatic rings. The Morgan fingerprint density at radius 3 is 1.76 bits per heavy atom. The third-order valence-electron chi connectivity index (χ3n) is 4.84. The molecule has 0 unspecified atom stereocenters. The van der Waals surface area contributed by atoms with Gasteiger partial charge in [-0.25, -0.2) is 13.2 Å². The number of halogens is 6. The molecule has 1 aliphatic heterocycles. The van der Waals surface area contributed by atoms with Crippen LogP contribution in [0.4, 0.5) is 26.3 Å². The zero-order chi connectivity index (χ0) is 24.9. The van der Waals surface area contributed by atoms with Gasteiger partial charge in [-0.3, -0.25) is 0 Å². The highest BCUT2D eigenvalue weighted by Crippen LogP contribution is 2.45. The van der Waals surface area contributed by atoms with E-state index >= 15 is 0 Å². The molecule has 3 aromatic rings. The molecular weight excluding hydrogens is 506 g/mol. The molecule has 4 rings (SSSR count). The second-order valence-electron chi connectivity index (χ2n) is 7.10. The molecule has 1 heterocycles. The van der Waals surface area contributed by atoms with Crippen molar-refractivity contribution in [3.05, 3.63) is 78.4 Å². The van der Waals surface area contributed by atoms with E-state index in [9.17, 15) is 39.6 Å². The van der Waals surface area contributed by atoms with Gasteiger partial charge in [0.2, 0.25) is 9.84 Å². The van der Waals surface area contributed by atoms with Crippen LogP contribution < -0.4 is 0 Å². The van der Waals surface area contributed by atoms with Crippen LogP contribution in [0.5, 0.6) is 0 Å². The number of ether oxygens (including phenoxy) is 1. The number of hydrogen-bond acceptors (Lipinski definition) is 4. The quantitative estimate of drug-likeness (QED) is 0.202. The van der Waals surface area contributed by atoms with E-state index < -0.39 is 50.7 Å². The SMILES string of the molecule is O=C(OC(C(F)(F)F)C(F)(F)F)c1cccc([S+]2c3ccccc3S(=O)(=O)c3ccccc32)c1. The minimum absolute atomic E-state index is 0.0271. The van der Waals surface area contributed by atoms with Gasteiger partial charge in [-0.1, -0.05) is 30.3 Å². The molecule has 34 heavy (non-hydrogen) atoms. The minimum atomic E-state index is -5.84. The monoisotopic (exact) mass is 519 g/mol. The molecule has 178 valence electrons. The molecule has 12 heteroatoms. The first-order valence-electron chi connectivity index (χ1n) is 9.44. The smallest absolute Gasteiger partial charge is 0.434 e. The molecule has 4 nitrogen and oxygen atoms in total. The number of fused-ring (bicyclic) bond motifs is 2. The fourth-order valence-corrected chi connectivity index (χ4v) is 8.17. The van der Waals surface area contributed by atoms with E-state index in [4.69, 9.17) is 0 Å². The van der Waals surface area contributed by atoms with Gasteiger partial charge in [0.25, 0.3) is 6.10 Å². The molecule has 3 aromatic carbocycles. The average Bonchev–Trinajstić information content (AvgIpc) is 2.76. The molecule has 0 radical (unpaired) electrons. The first-order chi connectivity index (χ1) is 15.8. The fraction of sp³-hybridized carbons (Fsp3) is 0.136. The summed E-state index contributed by atoms with van der Waals surface area (Å²) < 4.78 is 107. The zero-order valence-electron chi connectivity index (χ0n) is 16.7. The van der Waals surface area contributed by atoms with Crippen LogP contribution in [0.15, 0.2) is 97.3 Å². The Morgan fingerprint density at radius 1 is 0.765 bits per heavy atom. The summed E-state index contributed by atoms with van der Waals surface area (Å²) >= 11 is 0. The number of esters is 1. The second-order valence-corrected chi connectivity index (χ2v) is 10.9. The summed E-state index contributed by atoms with van der Waals surface area (Å²) in [6, 6.07) is 17.2. The Bertz CT molecular complexity index is 1300. The lowest BCUT2D eigenvalue weighted by atomic mass is 10.2. The number of carbonyl (C=O) groups is 1. The number of hydrogen-bond donors (Lipinski definition) is 0. The van der Waals surface area contributed by atoms with Crippen LogP contribution in [0.2, 0.25) is 0 Å². The number of rotatable bonds is 3. The molecule has 0 N–H and O–H groups in total. The van der Waals surface area contributed by atoms with Crippen molar-refractivity contribution < 1.29 is 44.3 Å². The second kappa shape index (κ2) is 8.35. The Labute approximate surface area is 192 Å². The predicted octanol–water partition coefficient (Wildman–Crippen LogP) is 5.58. The van der Waals surface area contributed by atoms with E-state index in [1.54, 1.807) is 24.3 Å². The Hall–Kier alpha value is -2.99. The van der Waals surface area contributed by atoms with Gasteiger partial charge in [-0.05, 0) is 36.4 Å². The van der Waals surface area contributed by atoms with Gasteiger partial charge < -0.3 is 4.74 Å². The molecule has 0 aliphatic carbocycles. The number of benzene rings is 3. The van der Waals surface area contributed by atoms with Crippen molar-refractivity contribution in [2.45, 2.75) is 42.9 Å². The minimum Gasteiger partial charge on any atom is -0.439 e. The molecule has 0 aromatic heterocycles. The molecule has 0 fully saturated rings. The van der Waals surface area contributed by atoms with Gasteiger partial charge in [0, 0.05) is 6.07 Å². The lowest BCUT2D eigenvalue weighted by Gasteiger charge is -2.23. The van der Waals surface area contributed by atoms with E-state index in [0.717, 1.165) is 12.1 Å². The summed E-state index contributed by atoms with van der Waals surface area (Å²) in [5.41, 5.74) is -0.535. The lowest BCUT2D eigenvalue weighted by Crippen LogP contribution is -2.45. The highest BCUT2D eigenvalue weighted by atomic mass is 32.2. The van der Waals surface area contributed by atoms with E-state index in [2.05, 4.69) is 4.74 Å². The van der Waals surface area contributed by atoms with Gasteiger partial charge in [0.1, 0.15) is 20.7 Å². The van der Waals surface area contributed by atoms with Crippen molar-refractivity contribution in [3.8, 4) is 0 Å². The molecule has 0 saturated heterocycles. The maximum Gasteiger partial charge on any atom is 0.434 e. The maximum atomic E-state index is 13.1. The third kappa shape index (κ3) is 4.27. The summed E-state index contributed by atoms with van der Waals surface area (Å²) in [7, 11) is -4.96. The molecule has 0 spiro atoms. The van der Waals surface area contributed by atoms with Gasteiger partial charge >= 0.3 is 18.3 Å². The Balaban J connectivity index is 1.79. The summed E-state index contributed by atoms with van der Waals surface area (Å²) in [6.07, 6.45) is -16.0. The van der Waals surface area contributed by atoms with Crippen LogP contribution in [0, 0.1) is 0 Å². The summed E-state index contributed by atoms with van der Waals surface area (Å²) in [4.78, 5) is 13.4. The van der Waals surface area contributed by atoms with Crippen LogP contribution in [0.1, 0.15) is 10.4 Å². The van der Waals surface area contributed by atoms with Crippen LogP contribution in [0.3, 0.4) is 0 Å². The molecule has 0 saturated carbocycles. The first-order valence-corrected chi connectivity index (χ1v) is 12.1. The van der Waals surface area contributed by atoms with E-state index in [-0.39, 0.29) is 9.79 Å². The first kappa shape index (κ1) is 24.1. The Morgan fingerprint density at radius 2 is 1.26 bits per heavy atom. The molecule has 0 bridgehead atoms. The fourth-order valence-electron chi connectivity index (χ4n) is 3.42.